The van der Waals surface area contributed by atoms with Crippen LogP contribution in [0, 0.1) is 23.2 Å². The number of Topliss-reactive ketones (excluding diaryl/α,β-unsaturated/α-hetero) is 1. The van der Waals surface area contributed by atoms with Gasteiger partial charge in [-0.1, -0.05) is 26.0 Å². The fourth-order valence-corrected chi connectivity index (χ4v) is 3.85. The quantitative estimate of drug-likeness (QED) is 0.626. The molecule has 5 nitrogen and oxygen atoms in total. The highest BCUT2D eigenvalue weighted by Crippen LogP contribution is 2.53. The first-order chi connectivity index (χ1) is 10.2. The molecule has 5 heteroatoms. The summed E-state index contributed by atoms with van der Waals surface area (Å²) in [6, 6.07) is 0. The Kier molecular flexibility index (Phi) is 6.33. The summed E-state index contributed by atoms with van der Waals surface area (Å²) in [6.45, 7) is 5.46. The summed E-state index contributed by atoms with van der Waals surface area (Å²) in [4.78, 5) is 32.7. The summed E-state index contributed by atoms with van der Waals surface area (Å²) in [6.07, 6.45) is 7.12. The Labute approximate surface area is 131 Å². The van der Waals surface area contributed by atoms with Gasteiger partial charge in [-0.3, -0.25) is 14.4 Å². The van der Waals surface area contributed by atoms with E-state index in [9.17, 15) is 9.59 Å². The summed E-state index contributed by atoms with van der Waals surface area (Å²) in [5, 5.41) is 7.42. The summed E-state index contributed by atoms with van der Waals surface area (Å²) in [5.74, 6) is -0.0259. The van der Waals surface area contributed by atoms with Crippen molar-refractivity contribution in [3.05, 3.63) is 12.2 Å². The van der Waals surface area contributed by atoms with Crippen LogP contribution in [0.1, 0.15) is 46.5 Å². The van der Waals surface area contributed by atoms with Crippen LogP contribution in [-0.2, 0) is 19.1 Å². The number of hydrogen-bond donors (Lipinski definition) is 1. The summed E-state index contributed by atoms with van der Waals surface area (Å²) >= 11 is 0. The lowest BCUT2D eigenvalue weighted by Crippen LogP contribution is -2.48. The molecule has 0 radical (unpaired) electrons. The van der Waals surface area contributed by atoms with Gasteiger partial charge in [-0.2, -0.15) is 0 Å². The predicted molar refractivity (Wildman–Crippen MR) is 82.2 cm³/mol. The molecule has 124 valence electrons. The zero-order valence-corrected chi connectivity index (χ0v) is 13.8. The minimum atomic E-state index is -0.833. The Morgan fingerprint density at radius 2 is 2.05 bits per heavy atom. The zero-order valence-electron chi connectivity index (χ0n) is 13.8. The molecule has 2 aliphatic carbocycles. The average molecular weight is 310 g/mol. The third-order valence-corrected chi connectivity index (χ3v) is 4.96. The number of carbonyl (C=O) groups excluding carboxylic acids is 2. The molecule has 4 atom stereocenters. The number of carboxylic acids is 1. The Bertz CT molecular complexity index is 464. The molecule has 1 fully saturated rings. The van der Waals surface area contributed by atoms with Crippen LogP contribution in [0.3, 0.4) is 0 Å². The highest BCUT2D eigenvalue weighted by Gasteiger charge is 2.50. The Hall–Kier alpha value is -1.65. The minimum absolute atomic E-state index is 0.0717. The standard InChI is InChI=1S/C15H22O3.C2H4O2/c1-10-5-4-8-15(2)11(10)6-7-13(16)12(15)9-14(17)18-3;1-2(3)4/h4-5,10-12H,6-9H2,1-3H3;1H3,(H,3,4). The van der Waals surface area contributed by atoms with E-state index in [2.05, 4.69) is 26.0 Å². The van der Waals surface area contributed by atoms with E-state index in [0.717, 1.165) is 19.8 Å². The lowest BCUT2D eigenvalue weighted by atomic mass is 9.53. The number of carbonyl (C=O) groups is 3. The SMILES string of the molecule is CC(=O)O.COC(=O)CC1C(=O)CCC2C(C)C=CCC12C. The molecule has 22 heavy (non-hydrogen) atoms. The second kappa shape index (κ2) is 7.56. The molecule has 0 aromatic carbocycles. The maximum atomic E-state index is 12.2. The molecule has 0 bridgehead atoms. The molecule has 0 heterocycles. The number of methoxy groups -OCH3 is 1. The van der Waals surface area contributed by atoms with Gasteiger partial charge in [0.05, 0.1) is 13.5 Å². The van der Waals surface area contributed by atoms with E-state index in [0.29, 0.717) is 18.3 Å². The van der Waals surface area contributed by atoms with E-state index in [-0.39, 0.29) is 29.5 Å². The number of esters is 1. The van der Waals surface area contributed by atoms with E-state index in [1.165, 1.54) is 7.11 Å². The van der Waals surface area contributed by atoms with E-state index in [1.54, 1.807) is 0 Å². The summed E-state index contributed by atoms with van der Waals surface area (Å²) in [5.41, 5.74) is -0.0717. The second-order valence-electron chi connectivity index (χ2n) is 6.46. The Morgan fingerprint density at radius 3 is 2.59 bits per heavy atom. The first-order valence-corrected chi connectivity index (χ1v) is 7.68. The van der Waals surface area contributed by atoms with Crippen LogP contribution in [0.4, 0.5) is 0 Å². The molecule has 2 aliphatic rings. The van der Waals surface area contributed by atoms with Crippen molar-refractivity contribution < 1.29 is 24.2 Å². The van der Waals surface area contributed by atoms with Crippen LogP contribution in [0.15, 0.2) is 12.2 Å². The number of ketones is 1. The van der Waals surface area contributed by atoms with Crippen LogP contribution >= 0.6 is 0 Å². The molecule has 2 rings (SSSR count). The van der Waals surface area contributed by atoms with Crippen molar-refractivity contribution in [3.8, 4) is 0 Å². The zero-order chi connectivity index (χ0) is 16.9. The van der Waals surface area contributed by atoms with Crippen molar-refractivity contribution in [1.29, 1.82) is 0 Å². The van der Waals surface area contributed by atoms with E-state index >= 15 is 0 Å². The molecule has 1 N–H and O–H groups in total. The molecule has 0 aliphatic heterocycles. The average Bonchev–Trinajstić information content (AvgIpc) is 2.42. The largest absolute Gasteiger partial charge is 0.481 e. The molecule has 0 aromatic heterocycles. The van der Waals surface area contributed by atoms with Crippen LogP contribution in [-0.4, -0.2) is 29.9 Å². The predicted octanol–water partition coefficient (Wildman–Crippen LogP) is 2.84. The lowest BCUT2D eigenvalue weighted by Gasteiger charge is -2.50. The maximum Gasteiger partial charge on any atom is 0.306 e. The first-order valence-electron chi connectivity index (χ1n) is 7.68. The van der Waals surface area contributed by atoms with Gasteiger partial charge in [0, 0.05) is 19.3 Å². The first kappa shape index (κ1) is 18.4. The Morgan fingerprint density at radius 1 is 1.45 bits per heavy atom. The summed E-state index contributed by atoms with van der Waals surface area (Å²) < 4.78 is 4.74. The van der Waals surface area contributed by atoms with Crippen molar-refractivity contribution in [2.24, 2.45) is 23.2 Å². The van der Waals surface area contributed by atoms with Gasteiger partial charge in [-0.05, 0) is 30.1 Å². The number of hydrogen-bond acceptors (Lipinski definition) is 4. The van der Waals surface area contributed by atoms with Crippen molar-refractivity contribution in [3.63, 3.8) is 0 Å². The molecule has 1 saturated carbocycles. The molecule has 0 spiro atoms. The normalized spacial score (nSPS) is 33.3. The van der Waals surface area contributed by atoms with Crippen molar-refractivity contribution >= 4 is 17.7 Å². The van der Waals surface area contributed by atoms with Crippen LogP contribution < -0.4 is 0 Å². The number of aliphatic carboxylic acids is 1. The van der Waals surface area contributed by atoms with Gasteiger partial charge in [0.2, 0.25) is 0 Å². The smallest absolute Gasteiger partial charge is 0.306 e. The molecule has 0 amide bonds. The van der Waals surface area contributed by atoms with Gasteiger partial charge in [-0.15, -0.1) is 0 Å². The van der Waals surface area contributed by atoms with Gasteiger partial charge >= 0.3 is 5.97 Å². The topological polar surface area (TPSA) is 80.7 Å². The maximum absolute atomic E-state index is 12.2. The van der Waals surface area contributed by atoms with Gasteiger partial charge < -0.3 is 9.84 Å². The number of allylic oxidation sites excluding steroid dienone is 2. The third kappa shape index (κ3) is 4.18. The highest BCUT2D eigenvalue weighted by atomic mass is 16.5. The molecule has 0 saturated heterocycles. The van der Waals surface area contributed by atoms with Crippen LogP contribution in [0.5, 0.6) is 0 Å². The monoisotopic (exact) mass is 310 g/mol. The molecular formula is C17H26O5. The third-order valence-electron chi connectivity index (χ3n) is 4.96. The van der Waals surface area contributed by atoms with Gasteiger partial charge in [0.15, 0.2) is 0 Å². The van der Waals surface area contributed by atoms with Crippen molar-refractivity contribution in [2.45, 2.75) is 46.5 Å². The number of ether oxygens (including phenoxy) is 1. The number of rotatable bonds is 2. The van der Waals surface area contributed by atoms with Crippen molar-refractivity contribution in [1.82, 2.24) is 0 Å². The molecule has 4 unspecified atom stereocenters. The fraction of sp³-hybridized carbons (Fsp3) is 0.706. The molecular weight excluding hydrogens is 284 g/mol. The fourth-order valence-electron chi connectivity index (χ4n) is 3.85. The van der Waals surface area contributed by atoms with Gasteiger partial charge in [-0.25, -0.2) is 0 Å². The van der Waals surface area contributed by atoms with E-state index in [4.69, 9.17) is 14.6 Å². The molecule has 0 aromatic rings. The van der Waals surface area contributed by atoms with Crippen LogP contribution in [0.2, 0.25) is 0 Å². The minimum Gasteiger partial charge on any atom is -0.481 e. The van der Waals surface area contributed by atoms with Crippen molar-refractivity contribution in [2.75, 3.05) is 7.11 Å². The number of fused-ring (bicyclic) bond motifs is 1. The Balaban J connectivity index is 0.000000541. The highest BCUT2D eigenvalue weighted by molar-refractivity contribution is 5.87. The second-order valence-corrected chi connectivity index (χ2v) is 6.46. The summed E-state index contributed by atoms with van der Waals surface area (Å²) in [7, 11) is 1.39. The lowest BCUT2D eigenvalue weighted by molar-refractivity contribution is -0.150. The van der Waals surface area contributed by atoms with E-state index in [1.807, 2.05) is 0 Å². The van der Waals surface area contributed by atoms with Gasteiger partial charge in [0.25, 0.3) is 5.97 Å². The van der Waals surface area contributed by atoms with Gasteiger partial charge in [0.1, 0.15) is 5.78 Å². The van der Waals surface area contributed by atoms with Crippen LogP contribution in [0.25, 0.3) is 0 Å². The number of carboxylic acid groups (broad SMARTS) is 1. The van der Waals surface area contributed by atoms with E-state index < -0.39 is 5.97 Å².